The first-order valence-electron chi connectivity index (χ1n) is 3.95. The van der Waals surface area contributed by atoms with Gasteiger partial charge in [0.25, 0.3) is 0 Å². The molecule has 0 radical (unpaired) electrons. The van der Waals surface area contributed by atoms with Crippen LogP contribution in [-0.2, 0) is 4.74 Å². The van der Waals surface area contributed by atoms with Gasteiger partial charge in [0.1, 0.15) is 0 Å². The van der Waals surface area contributed by atoms with E-state index in [0.717, 1.165) is 0 Å². The van der Waals surface area contributed by atoms with Crippen LogP contribution in [0, 0.1) is 0 Å². The lowest BCUT2D eigenvalue weighted by Crippen LogP contribution is -2.41. The lowest BCUT2D eigenvalue weighted by Gasteiger charge is -2.28. The molecule has 0 amide bonds. The van der Waals surface area contributed by atoms with Crippen LogP contribution in [0.1, 0.15) is 19.8 Å². The standard InChI is InChI=1S/C7H12F3NO/c1-5-4-6(2-3-11-5)12-7(8,9)10/h5-6,11H,2-4H2,1H3/t5-,6-/m0/s1. The lowest BCUT2D eigenvalue weighted by molar-refractivity contribution is -0.345. The molecule has 72 valence electrons. The first-order chi connectivity index (χ1) is 5.47. The van der Waals surface area contributed by atoms with E-state index < -0.39 is 12.5 Å². The molecule has 0 bridgehead atoms. The molecule has 1 N–H and O–H groups in total. The summed E-state index contributed by atoms with van der Waals surface area (Å²) in [6, 6.07) is 0.117. The maximum absolute atomic E-state index is 11.7. The van der Waals surface area contributed by atoms with Crippen molar-refractivity contribution < 1.29 is 17.9 Å². The van der Waals surface area contributed by atoms with Crippen LogP contribution in [0.15, 0.2) is 0 Å². The van der Waals surface area contributed by atoms with Crippen LogP contribution in [0.4, 0.5) is 13.2 Å². The fourth-order valence-corrected chi connectivity index (χ4v) is 1.38. The van der Waals surface area contributed by atoms with E-state index in [0.29, 0.717) is 19.4 Å². The minimum absolute atomic E-state index is 0.117. The van der Waals surface area contributed by atoms with Gasteiger partial charge in [-0.1, -0.05) is 0 Å². The van der Waals surface area contributed by atoms with Crippen molar-refractivity contribution in [1.29, 1.82) is 0 Å². The predicted molar refractivity (Wildman–Crippen MR) is 37.6 cm³/mol. The molecule has 0 aromatic carbocycles. The van der Waals surface area contributed by atoms with Gasteiger partial charge in [0.15, 0.2) is 0 Å². The van der Waals surface area contributed by atoms with Crippen LogP contribution in [0.5, 0.6) is 0 Å². The molecule has 0 aromatic rings. The zero-order valence-electron chi connectivity index (χ0n) is 6.82. The molecule has 1 rings (SSSR count). The highest BCUT2D eigenvalue weighted by atomic mass is 19.4. The van der Waals surface area contributed by atoms with Crippen LogP contribution in [-0.4, -0.2) is 25.1 Å². The summed E-state index contributed by atoms with van der Waals surface area (Å²) in [4.78, 5) is 0. The van der Waals surface area contributed by atoms with Gasteiger partial charge in [-0.25, -0.2) is 0 Å². The summed E-state index contributed by atoms with van der Waals surface area (Å²) < 4.78 is 39.1. The molecule has 0 unspecified atom stereocenters. The Labute approximate surface area is 69.1 Å². The molecule has 0 spiro atoms. The molecule has 1 fully saturated rings. The normalized spacial score (nSPS) is 32.0. The molecule has 5 heteroatoms. The highest BCUT2D eigenvalue weighted by Gasteiger charge is 2.34. The summed E-state index contributed by atoms with van der Waals surface area (Å²) in [6.07, 6.45) is -4.29. The van der Waals surface area contributed by atoms with Crippen molar-refractivity contribution in [3.05, 3.63) is 0 Å². The quantitative estimate of drug-likeness (QED) is 0.667. The number of halogens is 3. The molecule has 1 saturated heterocycles. The second kappa shape index (κ2) is 3.62. The Balaban J connectivity index is 2.32. The minimum Gasteiger partial charge on any atom is -0.314 e. The van der Waals surface area contributed by atoms with Crippen molar-refractivity contribution in [2.24, 2.45) is 0 Å². The second-order valence-electron chi connectivity index (χ2n) is 3.07. The molecular formula is C7H12F3NO. The van der Waals surface area contributed by atoms with Gasteiger partial charge in [-0.3, -0.25) is 4.74 Å². The Morgan fingerprint density at radius 2 is 2.08 bits per heavy atom. The molecule has 12 heavy (non-hydrogen) atoms. The number of rotatable bonds is 1. The molecule has 1 heterocycles. The number of hydrogen-bond donors (Lipinski definition) is 1. The average Bonchev–Trinajstić information content (AvgIpc) is 1.82. The fourth-order valence-electron chi connectivity index (χ4n) is 1.38. The van der Waals surface area contributed by atoms with Crippen molar-refractivity contribution in [3.8, 4) is 0 Å². The summed E-state index contributed by atoms with van der Waals surface area (Å²) in [6.45, 7) is 2.45. The number of nitrogens with one attached hydrogen (secondary N) is 1. The molecule has 0 aliphatic carbocycles. The van der Waals surface area contributed by atoms with E-state index in [2.05, 4.69) is 10.1 Å². The summed E-state index contributed by atoms with van der Waals surface area (Å²) in [5.74, 6) is 0. The Morgan fingerprint density at radius 3 is 2.58 bits per heavy atom. The van der Waals surface area contributed by atoms with Crippen LogP contribution >= 0.6 is 0 Å². The summed E-state index contributed by atoms with van der Waals surface area (Å²) in [5, 5.41) is 3.05. The van der Waals surface area contributed by atoms with Gasteiger partial charge in [-0.2, -0.15) is 0 Å². The van der Waals surface area contributed by atoms with E-state index in [1.807, 2.05) is 6.92 Å². The van der Waals surface area contributed by atoms with Crippen LogP contribution in [0.25, 0.3) is 0 Å². The van der Waals surface area contributed by atoms with Crippen molar-refractivity contribution in [1.82, 2.24) is 5.32 Å². The van der Waals surface area contributed by atoms with Gasteiger partial charge in [0.05, 0.1) is 6.10 Å². The van der Waals surface area contributed by atoms with E-state index in [-0.39, 0.29) is 6.04 Å². The Kier molecular flexibility index (Phi) is 2.95. The fraction of sp³-hybridized carbons (Fsp3) is 1.00. The smallest absolute Gasteiger partial charge is 0.314 e. The Bertz CT molecular complexity index is 148. The third-order valence-electron chi connectivity index (χ3n) is 1.88. The molecule has 2 nitrogen and oxygen atoms in total. The highest BCUT2D eigenvalue weighted by Crippen LogP contribution is 2.23. The van der Waals surface area contributed by atoms with E-state index in [1.54, 1.807) is 0 Å². The van der Waals surface area contributed by atoms with E-state index in [9.17, 15) is 13.2 Å². The summed E-state index contributed by atoms with van der Waals surface area (Å²) in [7, 11) is 0. The Hall–Kier alpha value is -0.290. The van der Waals surface area contributed by atoms with Crippen LogP contribution in [0.3, 0.4) is 0 Å². The topological polar surface area (TPSA) is 21.3 Å². The lowest BCUT2D eigenvalue weighted by atomic mass is 10.0. The largest absolute Gasteiger partial charge is 0.522 e. The van der Waals surface area contributed by atoms with Gasteiger partial charge in [0, 0.05) is 6.04 Å². The van der Waals surface area contributed by atoms with Crippen LogP contribution in [0.2, 0.25) is 0 Å². The van der Waals surface area contributed by atoms with Crippen molar-refractivity contribution in [2.45, 2.75) is 38.3 Å². The Morgan fingerprint density at radius 1 is 1.42 bits per heavy atom. The maximum atomic E-state index is 11.7. The third kappa shape index (κ3) is 3.40. The SMILES string of the molecule is C[C@H]1C[C@@H](OC(F)(F)F)CCN1. The number of alkyl halides is 3. The zero-order valence-corrected chi connectivity index (χ0v) is 6.82. The molecule has 0 saturated carbocycles. The maximum Gasteiger partial charge on any atom is 0.522 e. The molecule has 1 aliphatic rings. The number of hydrogen-bond acceptors (Lipinski definition) is 2. The van der Waals surface area contributed by atoms with E-state index >= 15 is 0 Å². The number of piperidine rings is 1. The molecular weight excluding hydrogens is 171 g/mol. The van der Waals surface area contributed by atoms with Crippen molar-refractivity contribution in [2.75, 3.05) is 6.54 Å². The van der Waals surface area contributed by atoms with Crippen LogP contribution < -0.4 is 5.32 Å². The molecule has 0 aromatic heterocycles. The third-order valence-corrected chi connectivity index (χ3v) is 1.88. The first kappa shape index (κ1) is 9.80. The van der Waals surface area contributed by atoms with Gasteiger partial charge in [0.2, 0.25) is 0 Å². The van der Waals surface area contributed by atoms with Gasteiger partial charge in [-0.15, -0.1) is 13.2 Å². The summed E-state index contributed by atoms with van der Waals surface area (Å²) >= 11 is 0. The van der Waals surface area contributed by atoms with Crippen molar-refractivity contribution in [3.63, 3.8) is 0 Å². The second-order valence-corrected chi connectivity index (χ2v) is 3.07. The van der Waals surface area contributed by atoms with E-state index in [1.165, 1.54) is 0 Å². The monoisotopic (exact) mass is 183 g/mol. The highest BCUT2D eigenvalue weighted by molar-refractivity contribution is 4.75. The van der Waals surface area contributed by atoms with Crippen molar-refractivity contribution >= 4 is 0 Å². The van der Waals surface area contributed by atoms with Gasteiger partial charge in [-0.05, 0) is 26.3 Å². The van der Waals surface area contributed by atoms with Gasteiger partial charge < -0.3 is 5.32 Å². The average molecular weight is 183 g/mol. The molecule has 1 aliphatic heterocycles. The first-order valence-corrected chi connectivity index (χ1v) is 3.95. The van der Waals surface area contributed by atoms with E-state index in [4.69, 9.17) is 0 Å². The minimum atomic E-state index is -4.48. The number of ether oxygens (including phenoxy) is 1. The zero-order chi connectivity index (χ0) is 9.19. The van der Waals surface area contributed by atoms with Gasteiger partial charge >= 0.3 is 6.36 Å². The summed E-state index contributed by atoms with van der Waals surface area (Å²) in [5.41, 5.74) is 0. The predicted octanol–water partition coefficient (Wildman–Crippen LogP) is 1.66. The molecule has 2 atom stereocenters.